The number of aliphatic hydroxyl groups is 1. The van der Waals surface area contributed by atoms with Crippen molar-refractivity contribution in [2.45, 2.75) is 44.8 Å². The molecule has 1 aromatic rings. The molecule has 1 saturated carbocycles. The Labute approximate surface area is 121 Å². The van der Waals surface area contributed by atoms with Gasteiger partial charge in [0.25, 0.3) is 0 Å². The maximum atomic E-state index is 10.4. The molecule has 0 radical (unpaired) electrons. The zero-order valence-electron chi connectivity index (χ0n) is 11.6. The zero-order chi connectivity index (χ0) is 13.1. The second-order valence-corrected chi connectivity index (χ2v) is 5.28. The van der Waals surface area contributed by atoms with Gasteiger partial charge in [0, 0.05) is 0 Å². The molecule has 0 amide bonds. The molecule has 0 aromatic heterocycles. The summed E-state index contributed by atoms with van der Waals surface area (Å²) in [4.78, 5) is 0. The van der Waals surface area contributed by atoms with E-state index in [9.17, 15) is 5.11 Å². The van der Waals surface area contributed by atoms with Crippen LogP contribution in [0.1, 0.15) is 42.9 Å². The van der Waals surface area contributed by atoms with Gasteiger partial charge < -0.3 is 15.6 Å². The van der Waals surface area contributed by atoms with Gasteiger partial charge in [0.1, 0.15) is 5.75 Å². The second-order valence-electron chi connectivity index (χ2n) is 5.28. The van der Waals surface area contributed by atoms with Gasteiger partial charge in [-0.2, -0.15) is 0 Å². The highest BCUT2D eigenvalue weighted by molar-refractivity contribution is 5.85. The van der Waals surface area contributed by atoms with E-state index in [0.717, 1.165) is 29.7 Å². The third-order valence-corrected chi connectivity index (χ3v) is 4.09. The lowest BCUT2D eigenvalue weighted by Crippen LogP contribution is -2.32. The van der Waals surface area contributed by atoms with Crippen LogP contribution >= 0.6 is 12.4 Å². The molecule has 19 heavy (non-hydrogen) atoms. The van der Waals surface area contributed by atoms with Crippen LogP contribution in [-0.4, -0.2) is 18.3 Å². The minimum absolute atomic E-state index is 0. The summed E-state index contributed by atoms with van der Waals surface area (Å²) in [5.74, 6) is 1.19. The van der Waals surface area contributed by atoms with Crippen LogP contribution in [0.2, 0.25) is 0 Å². The second kappa shape index (κ2) is 7.13. The van der Waals surface area contributed by atoms with Gasteiger partial charge in [0.15, 0.2) is 0 Å². The van der Waals surface area contributed by atoms with Gasteiger partial charge in [0.05, 0.1) is 19.3 Å². The van der Waals surface area contributed by atoms with Crippen LogP contribution in [0.15, 0.2) is 18.2 Å². The minimum Gasteiger partial charge on any atom is -0.497 e. The molecule has 0 aliphatic heterocycles. The largest absolute Gasteiger partial charge is 0.497 e. The Balaban J connectivity index is 0.00000180. The van der Waals surface area contributed by atoms with Crippen LogP contribution in [0.25, 0.3) is 0 Å². The highest BCUT2D eigenvalue weighted by Crippen LogP contribution is 2.33. The third-order valence-electron chi connectivity index (χ3n) is 4.09. The quantitative estimate of drug-likeness (QED) is 0.894. The first-order valence-corrected chi connectivity index (χ1v) is 6.71. The Bertz CT molecular complexity index is 405. The number of aryl methyl sites for hydroxylation is 1. The lowest BCUT2D eigenvalue weighted by Gasteiger charge is -2.26. The van der Waals surface area contributed by atoms with Crippen LogP contribution in [0.4, 0.5) is 0 Å². The fraction of sp³-hybridized carbons (Fsp3) is 0.600. The first-order valence-electron chi connectivity index (χ1n) is 6.71. The predicted molar refractivity (Wildman–Crippen MR) is 79.9 cm³/mol. The first kappa shape index (κ1) is 16.3. The van der Waals surface area contributed by atoms with Gasteiger partial charge >= 0.3 is 0 Å². The van der Waals surface area contributed by atoms with E-state index in [2.05, 4.69) is 0 Å². The normalized spacial score (nSPS) is 18.7. The lowest BCUT2D eigenvalue weighted by atomic mass is 9.89. The fourth-order valence-electron chi connectivity index (χ4n) is 2.93. The molecule has 1 aliphatic carbocycles. The molecule has 0 heterocycles. The topological polar surface area (TPSA) is 55.5 Å². The molecule has 0 bridgehead atoms. The Kier molecular flexibility index (Phi) is 6.11. The van der Waals surface area contributed by atoms with E-state index >= 15 is 0 Å². The van der Waals surface area contributed by atoms with Crippen molar-refractivity contribution in [2.24, 2.45) is 11.7 Å². The van der Waals surface area contributed by atoms with Gasteiger partial charge in [0.2, 0.25) is 0 Å². The van der Waals surface area contributed by atoms with Crippen molar-refractivity contribution in [3.8, 4) is 5.75 Å². The number of aliphatic hydroxyl groups excluding tert-OH is 1. The number of hydrogen-bond donors (Lipinski definition) is 2. The number of ether oxygens (including phenoxy) is 1. The van der Waals surface area contributed by atoms with Crippen molar-refractivity contribution in [2.75, 3.05) is 7.11 Å². The van der Waals surface area contributed by atoms with Crippen LogP contribution in [0, 0.1) is 12.8 Å². The van der Waals surface area contributed by atoms with Gasteiger partial charge in [-0.15, -0.1) is 12.4 Å². The molecular formula is C15H24ClNO2. The first-order chi connectivity index (χ1) is 8.63. The molecule has 0 spiro atoms. The van der Waals surface area contributed by atoms with Gasteiger partial charge in [-0.1, -0.05) is 18.9 Å². The van der Waals surface area contributed by atoms with Crippen molar-refractivity contribution >= 4 is 12.4 Å². The van der Waals surface area contributed by atoms with E-state index in [1.807, 2.05) is 25.1 Å². The number of hydrogen-bond acceptors (Lipinski definition) is 3. The molecule has 2 rings (SSSR count). The SMILES string of the molecule is COc1ccc([C@H](N)[C@H](O)C2CCCC2)c(C)c1.Cl. The zero-order valence-corrected chi connectivity index (χ0v) is 12.5. The molecule has 0 saturated heterocycles. The molecular weight excluding hydrogens is 262 g/mol. The fourth-order valence-corrected chi connectivity index (χ4v) is 2.93. The maximum Gasteiger partial charge on any atom is 0.119 e. The summed E-state index contributed by atoms with van der Waals surface area (Å²) >= 11 is 0. The van der Waals surface area contributed by atoms with E-state index in [0.29, 0.717) is 5.92 Å². The van der Waals surface area contributed by atoms with E-state index in [4.69, 9.17) is 10.5 Å². The Morgan fingerprint density at radius 3 is 2.47 bits per heavy atom. The Hall–Kier alpha value is -0.770. The smallest absolute Gasteiger partial charge is 0.119 e. The minimum atomic E-state index is -0.431. The highest BCUT2D eigenvalue weighted by Gasteiger charge is 2.29. The number of benzene rings is 1. The standard InChI is InChI=1S/C15H23NO2.ClH/c1-10-9-12(18-2)7-8-13(10)14(16)15(17)11-5-3-4-6-11;/h7-9,11,14-15,17H,3-6,16H2,1-2H3;1H/t14-,15+;/m0./s1. The Morgan fingerprint density at radius 1 is 1.32 bits per heavy atom. The summed E-state index contributed by atoms with van der Waals surface area (Å²) in [6.07, 6.45) is 4.21. The molecule has 108 valence electrons. The molecule has 2 atom stereocenters. The molecule has 1 aliphatic rings. The summed E-state index contributed by atoms with van der Waals surface area (Å²) in [5, 5.41) is 10.4. The number of rotatable bonds is 4. The van der Waals surface area contributed by atoms with E-state index in [1.165, 1.54) is 12.8 Å². The van der Waals surface area contributed by atoms with Gasteiger partial charge in [-0.05, 0) is 48.9 Å². The molecule has 4 heteroatoms. The summed E-state index contributed by atoms with van der Waals surface area (Å²) in [6.45, 7) is 2.01. The van der Waals surface area contributed by atoms with E-state index < -0.39 is 6.10 Å². The van der Waals surface area contributed by atoms with Gasteiger partial charge in [-0.25, -0.2) is 0 Å². The van der Waals surface area contributed by atoms with Crippen molar-refractivity contribution in [3.05, 3.63) is 29.3 Å². The van der Waals surface area contributed by atoms with Crippen molar-refractivity contribution < 1.29 is 9.84 Å². The summed E-state index contributed by atoms with van der Waals surface area (Å²) < 4.78 is 5.19. The number of halogens is 1. The third kappa shape index (κ3) is 3.62. The summed E-state index contributed by atoms with van der Waals surface area (Å²) in [6, 6.07) is 5.55. The van der Waals surface area contributed by atoms with Crippen molar-refractivity contribution in [1.29, 1.82) is 0 Å². The van der Waals surface area contributed by atoms with Crippen LogP contribution in [-0.2, 0) is 0 Å². The molecule has 3 nitrogen and oxygen atoms in total. The molecule has 1 aromatic carbocycles. The highest BCUT2D eigenvalue weighted by atomic mass is 35.5. The Morgan fingerprint density at radius 2 is 1.95 bits per heavy atom. The molecule has 1 fully saturated rings. The van der Waals surface area contributed by atoms with Crippen molar-refractivity contribution in [3.63, 3.8) is 0 Å². The molecule has 0 unspecified atom stereocenters. The predicted octanol–water partition coefficient (Wildman–Crippen LogP) is 2.98. The van der Waals surface area contributed by atoms with E-state index in [1.54, 1.807) is 7.11 Å². The average molecular weight is 286 g/mol. The average Bonchev–Trinajstić information content (AvgIpc) is 2.90. The van der Waals surface area contributed by atoms with Crippen LogP contribution in [0.3, 0.4) is 0 Å². The van der Waals surface area contributed by atoms with E-state index in [-0.39, 0.29) is 18.4 Å². The van der Waals surface area contributed by atoms with Gasteiger partial charge in [-0.3, -0.25) is 0 Å². The summed E-state index contributed by atoms with van der Waals surface area (Å²) in [7, 11) is 1.65. The number of methoxy groups -OCH3 is 1. The maximum absolute atomic E-state index is 10.4. The summed E-state index contributed by atoms with van der Waals surface area (Å²) in [5.41, 5.74) is 8.33. The van der Waals surface area contributed by atoms with Crippen LogP contribution < -0.4 is 10.5 Å². The van der Waals surface area contributed by atoms with Crippen molar-refractivity contribution in [1.82, 2.24) is 0 Å². The number of nitrogens with two attached hydrogens (primary N) is 1. The monoisotopic (exact) mass is 285 g/mol. The van der Waals surface area contributed by atoms with Crippen LogP contribution in [0.5, 0.6) is 5.75 Å². The molecule has 3 N–H and O–H groups in total. The lowest BCUT2D eigenvalue weighted by molar-refractivity contribution is 0.0843.